The van der Waals surface area contributed by atoms with Crippen LogP contribution in [0.25, 0.3) is 0 Å². The number of carbonyl (C=O) groups is 1. The molecule has 3 aliphatic rings. The monoisotopic (exact) mass is 403 g/mol. The number of ether oxygens (including phenoxy) is 3. The van der Waals surface area contributed by atoms with Gasteiger partial charge in [0.25, 0.3) is 0 Å². The van der Waals surface area contributed by atoms with Crippen molar-refractivity contribution in [3.05, 3.63) is 18.2 Å². The van der Waals surface area contributed by atoms with E-state index in [0.29, 0.717) is 31.2 Å². The van der Waals surface area contributed by atoms with Crippen LogP contribution in [0, 0.1) is 0 Å². The number of hydrogen-bond acceptors (Lipinski definition) is 6. The largest absolute Gasteiger partial charge is 0.494 e. The Hall–Kier alpha value is -1.83. The van der Waals surface area contributed by atoms with Crippen LogP contribution < -0.4 is 14.8 Å². The summed E-state index contributed by atoms with van der Waals surface area (Å²) in [6, 6.07) is 6.49. The van der Waals surface area contributed by atoms with Crippen LogP contribution in [0.4, 0.5) is 5.69 Å². The molecule has 0 unspecified atom stereocenters. The molecule has 1 aromatic carbocycles. The smallest absolute Gasteiger partial charge is 0.238 e. The number of rotatable bonds is 7. The lowest BCUT2D eigenvalue weighted by Gasteiger charge is -2.41. The Morgan fingerprint density at radius 2 is 1.90 bits per heavy atom. The van der Waals surface area contributed by atoms with Gasteiger partial charge in [-0.25, -0.2) is 0 Å². The van der Waals surface area contributed by atoms with E-state index in [0.717, 1.165) is 50.8 Å². The molecule has 1 N–H and O–H groups in total. The highest BCUT2D eigenvalue weighted by atomic mass is 16.5. The molecule has 2 aliphatic heterocycles. The van der Waals surface area contributed by atoms with E-state index in [1.54, 1.807) is 7.11 Å². The SMILES string of the molecule is COc1cc(OC2CCN(C3CCC3)CC2)ccc1NC(=O)CN1CCOCC1. The first-order valence-corrected chi connectivity index (χ1v) is 10.9. The highest BCUT2D eigenvalue weighted by Crippen LogP contribution is 2.32. The average molecular weight is 404 g/mol. The number of nitrogens with zero attached hydrogens (tertiary/aromatic N) is 2. The van der Waals surface area contributed by atoms with Gasteiger partial charge < -0.3 is 24.4 Å². The molecule has 2 heterocycles. The summed E-state index contributed by atoms with van der Waals surface area (Å²) in [4.78, 5) is 17.1. The number of anilines is 1. The van der Waals surface area contributed by atoms with Gasteiger partial charge in [0.15, 0.2) is 0 Å². The Balaban J connectivity index is 1.28. The zero-order chi connectivity index (χ0) is 20.1. The third-order valence-corrected chi connectivity index (χ3v) is 6.29. The lowest BCUT2D eigenvalue weighted by Crippen LogP contribution is -2.46. The number of carbonyl (C=O) groups excluding carboxylic acids is 1. The molecule has 0 bridgehead atoms. The summed E-state index contributed by atoms with van der Waals surface area (Å²) in [6.45, 7) is 5.56. The maximum absolute atomic E-state index is 12.4. The molecule has 29 heavy (non-hydrogen) atoms. The normalized spacial score (nSPS) is 22.1. The van der Waals surface area contributed by atoms with E-state index in [1.165, 1.54) is 19.3 Å². The van der Waals surface area contributed by atoms with Crippen molar-refractivity contribution in [1.82, 2.24) is 9.80 Å². The minimum atomic E-state index is -0.0396. The van der Waals surface area contributed by atoms with Crippen molar-refractivity contribution in [2.24, 2.45) is 0 Å². The summed E-state index contributed by atoms with van der Waals surface area (Å²) in [7, 11) is 1.62. The fourth-order valence-corrected chi connectivity index (χ4v) is 4.30. The predicted octanol–water partition coefficient (Wildman–Crippen LogP) is 2.36. The molecule has 3 fully saturated rings. The van der Waals surface area contributed by atoms with Crippen molar-refractivity contribution < 1.29 is 19.0 Å². The first kappa shape index (κ1) is 20.4. The van der Waals surface area contributed by atoms with Gasteiger partial charge in [0.2, 0.25) is 5.91 Å². The highest BCUT2D eigenvalue weighted by molar-refractivity contribution is 5.93. The molecule has 1 amide bonds. The third-order valence-electron chi connectivity index (χ3n) is 6.29. The van der Waals surface area contributed by atoms with E-state index in [4.69, 9.17) is 14.2 Å². The Bertz CT molecular complexity index is 681. The second-order valence-electron chi connectivity index (χ2n) is 8.24. The summed E-state index contributed by atoms with van der Waals surface area (Å²) in [5, 5.41) is 2.96. The fraction of sp³-hybridized carbons (Fsp3) is 0.682. The molecule has 1 saturated carbocycles. The Morgan fingerprint density at radius 3 is 2.55 bits per heavy atom. The molecule has 2 saturated heterocycles. The summed E-state index contributed by atoms with van der Waals surface area (Å²) in [5.41, 5.74) is 0.679. The molecular weight excluding hydrogens is 370 g/mol. The molecule has 0 radical (unpaired) electrons. The fourth-order valence-electron chi connectivity index (χ4n) is 4.30. The summed E-state index contributed by atoms with van der Waals surface area (Å²) in [5.74, 6) is 1.39. The molecule has 7 nitrogen and oxygen atoms in total. The first-order valence-electron chi connectivity index (χ1n) is 10.9. The van der Waals surface area contributed by atoms with Gasteiger partial charge in [-0.3, -0.25) is 9.69 Å². The predicted molar refractivity (Wildman–Crippen MR) is 112 cm³/mol. The van der Waals surface area contributed by atoms with Crippen molar-refractivity contribution in [2.75, 3.05) is 58.4 Å². The van der Waals surface area contributed by atoms with Crippen LogP contribution in [-0.4, -0.2) is 80.9 Å². The van der Waals surface area contributed by atoms with Gasteiger partial charge in [0.1, 0.15) is 17.6 Å². The molecular formula is C22H33N3O4. The number of nitrogens with one attached hydrogen (secondary N) is 1. The molecule has 7 heteroatoms. The number of methoxy groups -OCH3 is 1. The van der Waals surface area contributed by atoms with Crippen LogP contribution in [0.3, 0.4) is 0 Å². The third kappa shape index (κ3) is 5.41. The minimum absolute atomic E-state index is 0.0396. The second-order valence-corrected chi connectivity index (χ2v) is 8.24. The molecule has 1 aliphatic carbocycles. The maximum atomic E-state index is 12.4. The average Bonchev–Trinajstić information content (AvgIpc) is 2.70. The van der Waals surface area contributed by atoms with E-state index >= 15 is 0 Å². The summed E-state index contributed by atoms with van der Waals surface area (Å²) >= 11 is 0. The first-order chi connectivity index (χ1) is 14.2. The molecule has 0 atom stereocenters. The van der Waals surface area contributed by atoms with Crippen molar-refractivity contribution in [2.45, 2.75) is 44.2 Å². The summed E-state index contributed by atoms with van der Waals surface area (Å²) < 4.78 is 17.0. The zero-order valence-electron chi connectivity index (χ0n) is 17.4. The number of amides is 1. The Morgan fingerprint density at radius 1 is 1.14 bits per heavy atom. The number of hydrogen-bond donors (Lipinski definition) is 1. The lowest BCUT2D eigenvalue weighted by atomic mass is 9.90. The van der Waals surface area contributed by atoms with E-state index in [9.17, 15) is 4.79 Å². The highest BCUT2D eigenvalue weighted by Gasteiger charge is 2.29. The minimum Gasteiger partial charge on any atom is -0.494 e. The van der Waals surface area contributed by atoms with Gasteiger partial charge >= 0.3 is 0 Å². The van der Waals surface area contributed by atoms with Crippen LogP contribution in [0.15, 0.2) is 18.2 Å². The zero-order valence-corrected chi connectivity index (χ0v) is 17.4. The van der Waals surface area contributed by atoms with Gasteiger partial charge in [-0.2, -0.15) is 0 Å². The number of morpholine rings is 1. The Kier molecular flexibility index (Phi) is 6.90. The molecule has 0 spiro atoms. The van der Waals surface area contributed by atoms with Crippen LogP contribution in [0.5, 0.6) is 11.5 Å². The van der Waals surface area contributed by atoms with E-state index in [2.05, 4.69) is 15.1 Å². The maximum Gasteiger partial charge on any atom is 0.238 e. The number of piperidine rings is 1. The van der Waals surface area contributed by atoms with Crippen LogP contribution in [0.1, 0.15) is 32.1 Å². The van der Waals surface area contributed by atoms with Crippen molar-refractivity contribution in [3.63, 3.8) is 0 Å². The van der Waals surface area contributed by atoms with Gasteiger partial charge in [-0.15, -0.1) is 0 Å². The van der Waals surface area contributed by atoms with Gasteiger partial charge in [0.05, 0.1) is 32.6 Å². The van der Waals surface area contributed by atoms with Gasteiger partial charge in [-0.1, -0.05) is 6.42 Å². The molecule has 1 aromatic rings. The quantitative estimate of drug-likeness (QED) is 0.754. The van der Waals surface area contributed by atoms with E-state index in [-0.39, 0.29) is 12.0 Å². The van der Waals surface area contributed by atoms with Crippen LogP contribution >= 0.6 is 0 Å². The standard InChI is InChI=1S/C22H33N3O4/c1-27-21-15-19(29-18-7-9-25(10-8-18)17-3-2-4-17)5-6-20(21)23-22(26)16-24-11-13-28-14-12-24/h5-6,15,17-18H,2-4,7-14,16H2,1H3,(H,23,26). The second kappa shape index (κ2) is 9.78. The molecule has 0 aromatic heterocycles. The van der Waals surface area contributed by atoms with E-state index in [1.807, 2.05) is 18.2 Å². The van der Waals surface area contributed by atoms with Crippen molar-refractivity contribution in [1.29, 1.82) is 0 Å². The Labute approximate surface area is 173 Å². The number of likely N-dealkylation sites (tertiary alicyclic amines) is 1. The van der Waals surface area contributed by atoms with Gasteiger partial charge in [-0.05, 0) is 37.8 Å². The molecule has 160 valence electrons. The van der Waals surface area contributed by atoms with Crippen LogP contribution in [-0.2, 0) is 9.53 Å². The van der Waals surface area contributed by atoms with E-state index < -0.39 is 0 Å². The molecule has 4 rings (SSSR count). The van der Waals surface area contributed by atoms with Crippen molar-refractivity contribution in [3.8, 4) is 11.5 Å². The number of benzene rings is 1. The topological polar surface area (TPSA) is 63.3 Å². The van der Waals surface area contributed by atoms with Crippen LogP contribution in [0.2, 0.25) is 0 Å². The van der Waals surface area contributed by atoms with Gasteiger partial charge in [0, 0.05) is 38.3 Å². The summed E-state index contributed by atoms with van der Waals surface area (Å²) in [6.07, 6.45) is 6.49. The lowest BCUT2D eigenvalue weighted by molar-refractivity contribution is -0.118. The van der Waals surface area contributed by atoms with Crippen molar-refractivity contribution >= 4 is 11.6 Å².